The van der Waals surface area contributed by atoms with E-state index in [4.69, 9.17) is 15.3 Å². The highest BCUT2D eigenvalue weighted by atomic mass is 32.2. The van der Waals surface area contributed by atoms with Crippen LogP contribution in [-0.4, -0.2) is 54.1 Å². The van der Waals surface area contributed by atoms with Gasteiger partial charge in [0.1, 0.15) is 0 Å². The highest BCUT2D eigenvalue weighted by Crippen LogP contribution is 2.07. The number of rotatable bonds is 10. The fraction of sp³-hybridized carbons (Fsp3) is 0.818. The van der Waals surface area contributed by atoms with E-state index in [0.717, 1.165) is 6.42 Å². The Morgan fingerprint density at radius 1 is 1.59 bits per heavy atom. The SMILES string of the molecule is CC(C)(CO)OCCCNC(=O)CSCC=N. The molecule has 0 aliphatic carbocycles. The van der Waals surface area contributed by atoms with Crippen LogP contribution in [-0.2, 0) is 9.53 Å². The molecule has 0 saturated heterocycles. The summed E-state index contributed by atoms with van der Waals surface area (Å²) >= 11 is 1.41. The highest BCUT2D eigenvalue weighted by Gasteiger charge is 2.15. The van der Waals surface area contributed by atoms with Crippen molar-refractivity contribution >= 4 is 23.9 Å². The first-order valence-electron chi connectivity index (χ1n) is 5.60. The first kappa shape index (κ1) is 16.4. The van der Waals surface area contributed by atoms with Crippen molar-refractivity contribution in [3.63, 3.8) is 0 Å². The molecule has 5 nitrogen and oxygen atoms in total. The van der Waals surface area contributed by atoms with E-state index in [1.54, 1.807) is 0 Å². The Kier molecular flexibility index (Phi) is 9.11. The normalized spacial score (nSPS) is 11.2. The van der Waals surface area contributed by atoms with Crippen LogP contribution in [0.1, 0.15) is 20.3 Å². The lowest BCUT2D eigenvalue weighted by Gasteiger charge is -2.22. The first-order chi connectivity index (χ1) is 8.02. The van der Waals surface area contributed by atoms with Gasteiger partial charge in [0.25, 0.3) is 0 Å². The molecule has 0 atom stereocenters. The second kappa shape index (κ2) is 9.44. The molecule has 17 heavy (non-hydrogen) atoms. The van der Waals surface area contributed by atoms with E-state index >= 15 is 0 Å². The molecular weight excluding hydrogens is 240 g/mol. The lowest BCUT2D eigenvalue weighted by Crippen LogP contribution is -2.31. The minimum absolute atomic E-state index is 0.0143. The van der Waals surface area contributed by atoms with Gasteiger partial charge in [0.2, 0.25) is 5.91 Å². The summed E-state index contributed by atoms with van der Waals surface area (Å²) in [6.45, 7) is 4.71. The van der Waals surface area contributed by atoms with Crippen molar-refractivity contribution in [2.75, 3.05) is 31.3 Å². The summed E-state index contributed by atoms with van der Waals surface area (Å²) < 4.78 is 5.42. The van der Waals surface area contributed by atoms with E-state index in [-0.39, 0.29) is 12.5 Å². The van der Waals surface area contributed by atoms with E-state index in [9.17, 15) is 4.79 Å². The lowest BCUT2D eigenvalue weighted by atomic mass is 10.1. The molecular formula is C11H22N2O3S. The molecule has 0 fully saturated rings. The quantitative estimate of drug-likeness (QED) is 0.399. The van der Waals surface area contributed by atoms with Gasteiger partial charge in [0.15, 0.2) is 0 Å². The fourth-order valence-electron chi connectivity index (χ4n) is 0.956. The van der Waals surface area contributed by atoms with E-state index in [1.165, 1.54) is 18.0 Å². The van der Waals surface area contributed by atoms with Gasteiger partial charge in [-0.15, -0.1) is 11.8 Å². The zero-order valence-corrected chi connectivity index (χ0v) is 11.3. The predicted molar refractivity (Wildman–Crippen MR) is 70.9 cm³/mol. The maximum atomic E-state index is 11.2. The molecule has 0 aromatic heterocycles. The fourth-order valence-corrected chi connectivity index (χ4v) is 1.48. The van der Waals surface area contributed by atoms with Crippen LogP contribution in [0.2, 0.25) is 0 Å². The summed E-state index contributed by atoms with van der Waals surface area (Å²) in [5, 5.41) is 18.5. The number of hydrogen-bond acceptors (Lipinski definition) is 5. The van der Waals surface area contributed by atoms with Gasteiger partial charge in [0, 0.05) is 25.1 Å². The van der Waals surface area contributed by atoms with Crippen molar-refractivity contribution in [3.8, 4) is 0 Å². The minimum Gasteiger partial charge on any atom is -0.393 e. The first-order valence-corrected chi connectivity index (χ1v) is 6.75. The largest absolute Gasteiger partial charge is 0.393 e. The van der Waals surface area contributed by atoms with Crippen molar-refractivity contribution < 1.29 is 14.6 Å². The summed E-state index contributed by atoms with van der Waals surface area (Å²) in [7, 11) is 0. The van der Waals surface area contributed by atoms with E-state index in [0.29, 0.717) is 24.7 Å². The van der Waals surface area contributed by atoms with Gasteiger partial charge in [-0.1, -0.05) is 0 Å². The van der Waals surface area contributed by atoms with E-state index in [1.807, 2.05) is 13.8 Å². The molecule has 3 N–H and O–H groups in total. The zero-order valence-electron chi connectivity index (χ0n) is 10.5. The zero-order chi connectivity index (χ0) is 13.1. The number of hydrogen-bond donors (Lipinski definition) is 3. The molecule has 100 valence electrons. The van der Waals surface area contributed by atoms with E-state index in [2.05, 4.69) is 5.32 Å². The Bertz CT molecular complexity index is 235. The highest BCUT2D eigenvalue weighted by molar-refractivity contribution is 8.00. The predicted octanol–water partition coefficient (Wildman–Crippen LogP) is 0.663. The lowest BCUT2D eigenvalue weighted by molar-refractivity contribution is -0.118. The number of ether oxygens (including phenoxy) is 1. The van der Waals surface area contributed by atoms with Gasteiger partial charge in [-0.2, -0.15) is 0 Å². The summed E-state index contributed by atoms with van der Waals surface area (Å²) in [5.74, 6) is 0.942. The van der Waals surface area contributed by atoms with Crippen molar-refractivity contribution in [1.82, 2.24) is 5.32 Å². The molecule has 1 amide bonds. The van der Waals surface area contributed by atoms with Crippen LogP contribution in [0, 0.1) is 5.41 Å². The third-order valence-corrected chi connectivity index (χ3v) is 2.82. The van der Waals surface area contributed by atoms with Crippen LogP contribution in [0.15, 0.2) is 0 Å². The summed E-state index contributed by atoms with van der Waals surface area (Å²) in [5.41, 5.74) is -0.510. The number of thioether (sulfide) groups is 1. The van der Waals surface area contributed by atoms with Crippen molar-refractivity contribution in [2.24, 2.45) is 0 Å². The molecule has 0 aromatic rings. The van der Waals surface area contributed by atoms with Crippen molar-refractivity contribution in [3.05, 3.63) is 0 Å². The Balaban J connectivity index is 3.39. The van der Waals surface area contributed by atoms with Gasteiger partial charge in [0.05, 0.1) is 18.0 Å². The van der Waals surface area contributed by atoms with Crippen LogP contribution >= 0.6 is 11.8 Å². The standard InChI is InChI=1S/C11H22N2O3S/c1-11(2,9-14)16-6-3-5-13-10(15)8-17-7-4-12/h4,12,14H,3,5-9H2,1-2H3,(H,13,15). The van der Waals surface area contributed by atoms with Gasteiger partial charge in [-0.25, -0.2) is 0 Å². The Morgan fingerprint density at radius 2 is 2.29 bits per heavy atom. The number of carbonyl (C=O) groups is 1. The number of amides is 1. The molecule has 6 heteroatoms. The minimum atomic E-state index is -0.510. The molecule has 0 rings (SSSR count). The van der Waals surface area contributed by atoms with Crippen LogP contribution in [0.3, 0.4) is 0 Å². The Labute approximate surface area is 107 Å². The molecule has 0 aliphatic heterocycles. The average molecular weight is 262 g/mol. The third kappa shape index (κ3) is 10.3. The third-order valence-electron chi connectivity index (χ3n) is 1.95. The molecule has 0 aliphatic rings. The summed E-state index contributed by atoms with van der Waals surface area (Å²) in [6.07, 6.45) is 2.01. The van der Waals surface area contributed by atoms with Crippen LogP contribution < -0.4 is 5.32 Å². The topological polar surface area (TPSA) is 82.4 Å². The Hall–Kier alpha value is -0.590. The maximum absolute atomic E-state index is 11.2. The van der Waals surface area contributed by atoms with Gasteiger partial charge < -0.3 is 20.6 Å². The number of aliphatic hydroxyl groups is 1. The summed E-state index contributed by atoms with van der Waals surface area (Å²) in [6, 6.07) is 0. The molecule has 0 spiro atoms. The second-order valence-electron chi connectivity index (χ2n) is 4.19. The molecule has 0 bridgehead atoms. The number of aliphatic hydroxyl groups excluding tert-OH is 1. The smallest absolute Gasteiger partial charge is 0.230 e. The van der Waals surface area contributed by atoms with Crippen molar-refractivity contribution in [1.29, 1.82) is 5.41 Å². The van der Waals surface area contributed by atoms with Crippen LogP contribution in [0.25, 0.3) is 0 Å². The molecule has 0 heterocycles. The second-order valence-corrected chi connectivity index (χ2v) is 5.22. The van der Waals surface area contributed by atoms with Gasteiger partial charge >= 0.3 is 0 Å². The maximum Gasteiger partial charge on any atom is 0.230 e. The van der Waals surface area contributed by atoms with E-state index < -0.39 is 5.60 Å². The average Bonchev–Trinajstić information content (AvgIpc) is 2.29. The molecule has 0 aromatic carbocycles. The number of nitrogens with one attached hydrogen (secondary N) is 2. The van der Waals surface area contributed by atoms with Gasteiger partial charge in [-0.3, -0.25) is 4.79 Å². The summed E-state index contributed by atoms with van der Waals surface area (Å²) in [4.78, 5) is 11.2. The molecule has 0 unspecified atom stereocenters. The monoisotopic (exact) mass is 262 g/mol. The van der Waals surface area contributed by atoms with Crippen LogP contribution in [0.4, 0.5) is 0 Å². The Morgan fingerprint density at radius 3 is 2.88 bits per heavy atom. The van der Waals surface area contributed by atoms with Gasteiger partial charge in [-0.05, 0) is 20.3 Å². The van der Waals surface area contributed by atoms with Crippen molar-refractivity contribution in [2.45, 2.75) is 25.9 Å². The molecule has 0 radical (unpaired) electrons. The molecule has 0 saturated carbocycles. The van der Waals surface area contributed by atoms with Crippen LogP contribution in [0.5, 0.6) is 0 Å². The number of carbonyl (C=O) groups excluding carboxylic acids is 1.